The molecule has 2 unspecified atom stereocenters. The van der Waals surface area contributed by atoms with E-state index in [2.05, 4.69) is 4.52 Å². The monoisotopic (exact) mass is 471 g/mol. The summed E-state index contributed by atoms with van der Waals surface area (Å²) in [4.78, 5) is 0. The first-order chi connectivity index (χ1) is 14.6. The summed E-state index contributed by atoms with van der Waals surface area (Å²) in [6.45, 7) is 0. The zero-order chi connectivity index (χ0) is 21.0. The summed E-state index contributed by atoms with van der Waals surface area (Å²) in [5.74, 6) is 0.639. The van der Waals surface area contributed by atoms with E-state index in [-0.39, 0.29) is 21.9 Å². The predicted molar refractivity (Wildman–Crippen MR) is 111 cm³/mol. The molecule has 1 heterocycles. The van der Waals surface area contributed by atoms with Gasteiger partial charge >= 0.3 is 24.6 Å². The van der Waals surface area contributed by atoms with Gasteiger partial charge in [-0.05, 0) is 36.4 Å². The van der Waals surface area contributed by atoms with E-state index in [0.717, 1.165) is 0 Å². The van der Waals surface area contributed by atoms with Crippen LogP contribution in [0, 0.1) is 0 Å². The molecule has 12 heteroatoms. The molecule has 0 amide bonds. The third kappa shape index (κ3) is 4.61. The molecular weight excluding hydrogens is 456 g/mol. The van der Waals surface area contributed by atoms with Crippen molar-refractivity contribution in [2.24, 2.45) is 4.52 Å². The lowest BCUT2D eigenvalue weighted by molar-refractivity contribution is 0.167. The second-order valence-electron chi connectivity index (χ2n) is 5.77. The number of nitrogens with zero attached hydrogens (tertiary/aromatic N) is 3. The van der Waals surface area contributed by atoms with Crippen LogP contribution in [0.4, 0.5) is 13.2 Å². The Balaban J connectivity index is 1.78. The van der Waals surface area contributed by atoms with E-state index in [1.807, 2.05) is 0 Å². The van der Waals surface area contributed by atoms with Crippen molar-refractivity contribution in [1.29, 1.82) is 0 Å². The zero-order valence-electron chi connectivity index (χ0n) is 15.2. The molecule has 3 aromatic rings. The number of halogens is 3. The van der Waals surface area contributed by atoms with Crippen molar-refractivity contribution >= 4 is 24.6 Å². The molecule has 0 radical (unpaired) electrons. The first kappa shape index (κ1) is 21.1. The molecule has 1 aliphatic heterocycles. The Morgan fingerprint density at radius 1 is 0.700 bits per heavy atom. The Morgan fingerprint density at radius 3 is 1.60 bits per heavy atom. The number of rotatable bonds is 6. The Hall–Kier alpha value is -2.14. The van der Waals surface area contributed by atoms with Crippen LogP contribution < -0.4 is 13.6 Å². The molecule has 0 saturated carbocycles. The van der Waals surface area contributed by atoms with Gasteiger partial charge in [0.25, 0.3) is 0 Å². The van der Waals surface area contributed by atoms with Gasteiger partial charge < -0.3 is 13.6 Å². The van der Waals surface area contributed by atoms with Gasteiger partial charge in [-0.3, -0.25) is 0 Å². The lowest BCUT2D eigenvalue weighted by Gasteiger charge is -2.36. The van der Waals surface area contributed by atoms with E-state index in [9.17, 15) is 8.68 Å². The lowest BCUT2D eigenvalue weighted by atomic mass is 10.3. The summed E-state index contributed by atoms with van der Waals surface area (Å²) >= 11 is 0. The molecule has 0 aliphatic carbocycles. The highest BCUT2D eigenvalue weighted by Gasteiger charge is 2.54. The fraction of sp³-hybridized carbons (Fsp3) is 0. The van der Waals surface area contributed by atoms with Crippen LogP contribution in [-0.4, -0.2) is 9.33 Å². The summed E-state index contributed by atoms with van der Waals surface area (Å²) in [7, 11) is -10.3. The van der Waals surface area contributed by atoms with Crippen molar-refractivity contribution < 1.29 is 26.7 Å². The van der Waals surface area contributed by atoms with Gasteiger partial charge in [0, 0.05) is 9.33 Å². The number of hydrogen-bond donors (Lipinski definition) is 0. The largest absolute Gasteiger partial charge is 0.440 e. The Morgan fingerprint density at radius 2 is 1.13 bits per heavy atom. The van der Waals surface area contributed by atoms with Crippen LogP contribution in [0.2, 0.25) is 0 Å². The van der Waals surface area contributed by atoms with Gasteiger partial charge in [-0.1, -0.05) is 54.6 Å². The van der Waals surface area contributed by atoms with Crippen molar-refractivity contribution in [3.63, 3.8) is 0 Å². The molecule has 0 fully saturated rings. The van der Waals surface area contributed by atoms with Gasteiger partial charge in [0.1, 0.15) is 17.2 Å². The second kappa shape index (κ2) is 9.34. The minimum absolute atomic E-state index is 0.193. The molecule has 3 aromatic carbocycles. The Labute approximate surface area is 173 Å². The van der Waals surface area contributed by atoms with E-state index in [4.69, 9.17) is 13.6 Å². The van der Waals surface area contributed by atoms with Gasteiger partial charge in [-0.2, -0.15) is 4.20 Å². The van der Waals surface area contributed by atoms with Crippen LogP contribution in [0.5, 0.6) is 17.2 Å². The first-order valence-corrected chi connectivity index (χ1v) is 12.4. The maximum Gasteiger partial charge on any atom is 0.440 e. The summed E-state index contributed by atoms with van der Waals surface area (Å²) in [6, 6.07) is 24.5. The Bertz CT molecular complexity index is 976. The smallest absolute Gasteiger partial charge is 0.438 e. The van der Waals surface area contributed by atoms with Crippen LogP contribution in [0.1, 0.15) is 0 Å². The normalized spacial score (nSPS) is 21.4. The molecule has 0 bridgehead atoms. The van der Waals surface area contributed by atoms with Crippen molar-refractivity contribution in [2.75, 3.05) is 0 Å². The third-order valence-electron chi connectivity index (χ3n) is 3.68. The topological polar surface area (TPSA) is 46.5 Å². The van der Waals surface area contributed by atoms with Crippen LogP contribution in [-0.2, 0) is 0 Å². The van der Waals surface area contributed by atoms with Crippen molar-refractivity contribution in [3.8, 4) is 17.2 Å². The number of benzene rings is 3. The third-order valence-corrected chi connectivity index (χ3v) is 9.73. The SMILES string of the molecule is FN1P(Oc2ccccc2)N=P(Oc2ccccc2)(Oc2ccccc2)N(F)P1F. The molecule has 0 spiro atoms. The van der Waals surface area contributed by atoms with Crippen molar-refractivity contribution in [1.82, 2.24) is 9.33 Å². The summed E-state index contributed by atoms with van der Waals surface area (Å²) in [5.41, 5.74) is 0. The highest BCUT2D eigenvalue weighted by molar-refractivity contribution is 7.78. The zero-order valence-corrected chi connectivity index (χ0v) is 17.9. The molecule has 1 aliphatic rings. The summed E-state index contributed by atoms with van der Waals surface area (Å²) in [6.07, 6.45) is 0. The van der Waals surface area contributed by atoms with E-state index >= 15 is 4.48 Å². The standard InChI is InChI=1S/C18H15F3N3O3P3/c19-23-28(21)24(20)30(26-17-12-6-2-7-13-17,27-18-14-8-3-9-15-18)22-29(23)25-16-10-4-1-5-11-16/h1-15H. The average molecular weight is 471 g/mol. The van der Waals surface area contributed by atoms with Crippen LogP contribution in [0.25, 0.3) is 0 Å². The van der Waals surface area contributed by atoms with E-state index in [1.54, 1.807) is 91.0 Å². The summed E-state index contributed by atoms with van der Waals surface area (Å²) in [5, 5.41) is 0. The van der Waals surface area contributed by atoms with Crippen molar-refractivity contribution in [2.45, 2.75) is 0 Å². The molecule has 156 valence electrons. The molecule has 4 rings (SSSR count). The predicted octanol–water partition coefficient (Wildman–Crippen LogP) is 7.98. The fourth-order valence-corrected chi connectivity index (χ4v) is 8.41. The molecule has 0 N–H and O–H groups in total. The van der Waals surface area contributed by atoms with Crippen LogP contribution in [0.3, 0.4) is 0 Å². The fourth-order valence-electron chi connectivity index (χ4n) is 2.37. The second-order valence-corrected chi connectivity index (χ2v) is 11.0. The molecule has 2 atom stereocenters. The average Bonchev–Trinajstić information content (AvgIpc) is 2.78. The highest BCUT2D eigenvalue weighted by atomic mass is 31.3. The van der Waals surface area contributed by atoms with E-state index in [1.165, 1.54) is 0 Å². The molecular formula is C18H15F3N3O3P3. The number of para-hydroxylation sites is 3. The van der Waals surface area contributed by atoms with E-state index < -0.39 is 29.3 Å². The minimum Gasteiger partial charge on any atom is -0.438 e. The highest BCUT2D eigenvalue weighted by Crippen LogP contribution is 2.78. The van der Waals surface area contributed by atoms with Crippen LogP contribution in [0.15, 0.2) is 95.5 Å². The van der Waals surface area contributed by atoms with Gasteiger partial charge in [-0.25, -0.2) is 0 Å². The lowest BCUT2D eigenvalue weighted by Crippen LogP contribution is -2.22. The van der Waals surface area contributed by atoms with Crippen molar-refractivity contribution in [3.05, 3.63) is 91.0 Å². The molecule has 0 saturated heterocycles. The summed E-state index contributed by atoms with van der Waals surface area (Å²) < 4.78 is 64.7. The van der Waals surface area contributed by atoms with Gasteiger partial charge in [-0.15, -0.1) is 13.5 Å². The molecule has 0 aromatic heterocycles. The van der Waals surface area contributed by atoms with Gasteiger partial charge in [0.2, 0.25) is 0 Å². The van der Waals surface area contributed by atoms with Crippen LogP contribution >= 0.6 is 24.6 Å². The minimum atomic E-state index is -4.14. The van der Waals surface area contributed by atoms with Gasteiger partial charge in [0.05, 0.1) is 0 Å². The Kier molecular flexibility index (Phi) is 6.57. The van der Waals surface area contributed by atoms with Gasteiger partial charge in [0.15, 0.2) is 0 Å². The molecule has 30 heavy (non-hydrogen) atoms. The maximum absolute atomic E-state index is 15.1. The maximum atomic E-state index is 15.1. The number of hydrogen-bond acceptors (Lipinski definition) is 6. The first-order valence-electron chi connectivity index (χ1n) is 8.60. The molecule has 6 nitrogen and oxygen atoms in total. The quantitative estimate of drug-likeness (QED) is 0.270. The van der Waals surface area contributed by atoms with E-state index in [0.29, 0.717) is 0 Å².